The molecule has 1 fully saturated rings. The summed E-state index contributed by atoms with van der Waals surface area (Å²) in [6, 6.07) is 11.5. The molecule has 2 aromatic heterocycles. The number of rotatable bonds is 9. The molecule has 0 amide bonds. The molecule has 0 bridgehead atoms. The number of methoxy groups -OCH3 is 2. The first-order valence-electron chi connectivity index (χ1n) is 11.0. The van der Waals surface area contributed by atoms with Gasteiger partial charge in [-0.15, -0.1) is 0 Å². The van der Waals surface area contributed by atoms with Gasteiger partial charge >= 0.3 is 5.69 Å². The van der Waals surface area contributed by atoms with Gasteiger partial charge in [-0.2, -0.15) is 0 Å². The number of hydrogen-bond donors (Lipinski definition) is 1. The van der Waals surface area contributed by atoms with E-state index >= 15 is 0 Å². The summed E-state index contributed by atoms with van der Waals surface area (Å²) < 4.78 is 10.6. The van der Waals surface area contributed by atoms with Crippen LogP contribution in [0, 0.1) is 10.1 Å². The van der Waals surface area contributed by atoms with Crippen molar-refractivity contribution in [1.82, 2.24) is 15.0 Å². The van der Waals surface area contributed by atoms with Crippen molar-refractivity contribution in [3.63, 3.8) is 0 Å². The highest BCUT2D eigenvalue weighted by atomic mass is 16.6. The largest absolute Gasteiger partial charge is 0.493 e. The normalized spacial score (nSPS) is 13.5. The van der Waals surface area contributed by atoms with Gasteiger partial charge in [0.2, 0.25) is 11.6 Å². The van der Waals surface area contributed by atoms with Crippen LogP contribution in [0.25, 0.3) is 0 Å². The van der Waals surface area contributed by atoms with Gasteiger partial charge in [0.1, 0.15) is 12.1 Å². The molecule has 0 atom stereocenters. The van der Waals surface area contributed by atoms with Crippen LogP contribution >= 0.6 is 0 Å². The van der Waals surface area contributed by atoms with E-state index < -0.39 is 4.92 Å². The lowest BCUT2D eigenvalue weighted by atomic mass is 10.1. The summed E-state index contributed by atoms with van der Waals surface area (Å²) in [7, 11) is 3.17. The molecule has 0 saturated carbocycles. The van der Waals surface area contributed by atoms with Gasteiger partial charge in [0.05, 0.1) is 19.1 Å². The van der Waals surface area contributed by atoms with Gasteiger partial charge in [0.15, 0.2) is 11.5 Å². The summed E-state index contributed by atoms with van der Waals surface area (Å²) in [4.78, 5) is 28.4. The van der Waals surface area contributed by atoms with Crippen LogP contribution in [0.3, 0.4) is 0 Å². The molecule has 1 aliphatic heterocycles. The average Bonchev–Trinajstić information content (AvgIpc) is 2.89. The smallest absolute Gasteiger partial charge is 0.353 e. The van der Waals surface area contributed by atoms with Crippen LogP contribution in [0.4, 0.5) is 23.1 Å². The van der Waals surface area contributed by atoms with Crippen molar-refractivity contribution in [3.8, 4) is 11.5 Å². The quantitative estimate of drug-likeness (QED) is 0.373. The number of ether oxygens (including phenoxy) is 2. The Bertz CT molecular complexity index is 1120. The third-order valence-electron chi connectivity index (χ3n) is 5.69. The van der Waals surface area contributed by atoms with E-state index in [2.05, 4.69) is 25.2 Å². The second kappa shape index (κ2) is 10.6. The minimum atomic E-state index is -0.417. The molecule has 1 aliphatic rings. The average molecular weight is 466 g/mol. The number of anilines is 3. The monoisotopic (exact) mass is 465 g/mol. The van der Waals surface area contributed by atoms with E-state index in [9.17, 15) is 10.1 Å². The Morgan fingerprint density at radius 3 is 2.44 bits per heavy atom. The van der Waals surface area contributed by atoms with Crippen molar-refractivity contribution in [2.75, 3.05) is 62.1 Å². The topological polar surface area (TPSA) is 119 Å². The predicted molar refractivity (Wildman–Crippen MR) is 129 cm³/mol. The number of hydrogen-bond acceptors (Lipinski definition) is 10. The Balaban J connectivity index is 1.44. The van der Waals surface area contributed by atoms with Crippen LogP contribution in [0.1, 0.15) is 5.56 Å². The minimum Gasteiger partial charge on any atom is -0.493 e. The van der Waals surface area contributed by atoms with Gasteiger partial charge in [-0.3, -0.25) is 10.1 Å². The molecule has 11 nitrogen and oxygen atoms in total. The fraction of sp³-hybridized carbons (Fsp3) is 0.348. The number of benzene rings is 1. The third-order valence-corrected chi connectivity index (χ3v) is 5.69. The molecule has 178 valence electrons. The number of aromatic nitrogens is 3. The van der Waals surface area contributed by atoms with Gasteiger partial charge < -0.3 is 24.6 Å². The van der Waals surface area contributed by atoms with Crippen molar-refractivity contribution in [1.29, 1.82) is 0 Å². The Kier molecular flexibility index (Phi) is 7.21. The molecule has 34 heavy (non-hydrogen) atoms. The van der Waals surface area contributed by atoms with Crippen LogP contribution in [0.2, 0.25) is 0 Å². The van der Waals surface area contributed by atoms with E-state index in [0.717, 1.165) is 11.4 Å². The third kappa shape index (κ3) is 5.08. The summed E-state index contributed by atoms with van der Waals surface area (Å²) in [5.41, 5.74) is 0.897. The molecule has 1 N–H and O–H groups in total. The maximum Gasteiger partial charge on any atom is 0.353 e. The molecule has 0 radical (unpaired) electrons. The van der Waals surface area contributed by atoms with Gasteiger partial charge in [0, 0.05) is 38.9 Å². The van der Waals surface area contributed by atoms with Gasteiger partial charge in [-0.05, 0) is 36.2 Å². The highest BCUT2D eigenvalue weighted by molar-refractivity contribution is 5.70. The standard InChI is InChI=1S/C23H27N7O4/c1-33-18-7-6-17(15-19(18)34-2)8-10-25-22-21(30(31)32)23(27-16-26-22)29-13-11-28(12-14-29)20-5-3-4-9-24-20/h3-7,9,15-16H,8,10-14H2,1-2H3,(H,25,26,27). The van der Waals surface area contributed by atoms with Crippen LogP contribution in [0.5, 0.6) is 11.5 Å². The lowest BCUT2D eigenvalue weighted by molar-refractivity contribution is -0.383. The highest BCUT2D eigenvalue weighted by Crippen LogP contribution is 2.33. The van der Waals surface area contributed by atoms with E-state index in [1.807, 2.05) is 41.3 Å². The second-order valence-electron chi connectivity index (χ2n) is 7.68. The molecular weight excluding hydrogens is 438 g/mol. The second-order valence-corrected chi connectivity index (χ2v) is 7.68. The maximum absolute atomic E-state index is 12.0. The van der Waals surface area contributed by atoms with Crippen LogP contribution in [0.15, 0.2) is 48.9 Å². The maximum atomic E-state index is 12.0. The van der Waals surface area contributed by atoms with Gasteiger partial charge in [-0.1, -0.05) is 12.1 Å². The van der Waals surface area contributed by atoms with Gasteiger partial charge in [0.25, 0.3) is 0 Å². The zero-order chi connectivity index (χ0) is 23.9. The lowest BCUT2D eigenvalue weighted by Gasteiger charge is -2.35. The Hall–Kier alpha value is -4.15. The summed E-state index contributed by atoms with van der Waals surface area (Å²) in [6.07, 6.45) is 3.75. The van der Waals surface area contributed by atoms with E-state index in [4.69, 9.17) is 9.47 Å². The summed E-state index contributed by atoms with van der Waals surface area (Å²) in [6.45, 7) is 3.04. The van der Waals surface area contributed by atoms with Crippen molar-refractivity contribution in [2.45, 2.75) is 6.42 Å². The molecule has 0 unspecified atom stereocenters. The Morgan fingerprint density at radius 1 is 1.00 bits per heavy atom. The summed E-state index contributed by atoms with van der Waals surface area (Å²) in [5.74, 6) is 2.73. The van der Waals surface area contributed by atoms with E-state index in [0.29, 0.717) is 56.5 Å². The van der Waals surface area contributed by atoms with Gasteiger partial charge in [-0.25, -0.2) is 15.0 Å². The van der Waals surface area contributed by atoms with Crippen molar-refractivity contribution in [2.24, 2.45) is 0 Å². The molecule has 3 aromatic rings. The molecular formula is C23H27N7O4. The number of nitrogens with zero attached hydrogens (tertiary/aromatic N) is 6. The molecule has 0 aliphatic carbocycles. The molecule has 0 spiro atoms. The first kappa shape index (κ1) is 23.0. The first-order chi connectivity index (χ1) is 16.6. The van der Waals surface area contributed by atoms with Crippen molar-refractivity contribution >= 4 is 23.1 Å². The first-order valence-corrected chi connectivity index (χ1v) is 11.0. The number of nitro groups is 1. The SMILES string of the molecule is COc1ccc(CCNc2ncnc(N3CCN(c4ccccn4)CC3)c2[N+](=O)[O-])cc1OC. The highest BCUT2D eigenvalue weighted by Gasteiger charge is 2.29. The van der Waals surface area contributed by atoms with Crippen LogP contribution in [-0.2, 0) is 6.42 Å². The van der Waals surface area contributed by atoms with E-state index in [1.165, 1.54) is 6.33 Å². The van der Waals surface area contributed by atoms with Crippen LogP contribution in [-0.4, -0.2) is 66.8 Å². The molecule has 3 heterocycles. The molecule has 1 saturated heterocycles. The fourth-order valence-corrected chi connectivity index (χ4v) is 3.95. The Morgan fingerprint density at radius 2 is 1.76 bits per heavy atom. The number of pyridine rings is 1. The fourth-order valence-electron chi connectivity index (χ4n) is 3.95. The van der Waals surface area contributed by atoms with Crippen molar-refractivity contribution in [3.05, 3.63) is 64.6 Å². The predicted octanol–water partition coefficient (Wildman–Crippen LogP) is 2.78. The lowest BCUT2D eigenvalue weighted by Crippen LogP contribution is -2.47. The van der Waals surface area contributed by atoms with Crippen molar-refractivity contribution < 1.29 is 14.4 Å². The zero-order valence-corrected chi connectivity index (χ0v) is 19.2. The van der Waals surface area contributed by atoms with Crippen LogP contribution < -0.4 is 24.6 Å². The van der Waals surface area contributed by atoms with E-state index in [-0.39, 0.29) is 11.5 Å². The zero-order valence-electron chi connectivity index (χ0n) is 19.2. The Labute approximate surface area is 197 Å². The summed E-state index contributed by atoms with van der Waals surface area (Å²) >= 11 is 0. The number of piperazine rings is 1. The minimum absolute atomic E-state index is 0.110. The molecule has 11 heteroatoms. The summed E-state index contributed by atoms with van der Waals surface area (Å²) in [5, 5.41) is 15.1. The van der Waals surface area contributed by atoms with E-state index in [1.54, 1.807) is 20.4 Å². The molecule has 1 aromatic carbocycles. The molecule has 4 rings (SSSR count). The number of nitrogens with one attached hydrogen (secondary N) is 1.